The summed E-state index contributed by atoms with van der Waals surface area (Å²) in [6.07, 6.45) is 6.42. The summed E-state index contributed by atoms with van der Waals surface area (Å²) >= 11 is 1.60. The maximum Gasteiger partial charge on any atom is 0.242 e. The van der Waals surface area contributed by atoms with Crippen molar-refractivity contribution in [3.8, 4) is 0 Å². The molecule has 0 bridgehead atoms. The Balaban J connectivity index is 1.66. The molecule has 1 aromatic carbocycles. The van der Waals surface area contributed by atoms with Crippen molar-refractivity contribution in [3.05, 3.63) is 58.0 Å². The van der Waals surface area contributed by atoms with Crippen LogP contribution < -0.4 is 0 Å². The third kappa shape index (κ3) is 7.17. The van der Waals surface area contributed by atoms with Gasteiger partial charge in [0.25, 0.3) is 0 Å². The Hall–Kier alpha value is -2.21. The largest absolute Gasteiger partial charge is 0.332 e. The molecule has 1 aromatic heterocycles. The molecule has 168 valence electrons. The van der Waals surface area contributed by atoms with E-state index in [4.69, 9.17) is 0 Å². The topological polar surface area (TPSA) is 40.6 Å². The smallest absolute Gasteiger partial charge is 0.242 e. The van der Waals surface area contributed by atoms with Gasteiger partial charge in [0.15, 0.2) is 0 Å². The van der Waals surface area contributed by atoms with Gasteiger partial charge < -0.3 is 9.80 Å². The molecule has 6 heteroatoms. The molecule has 3 rings (SSSR count). The van der Waals surface area contributed by atoms with Crippen molar-refractivity contribution < 1.29 is 14.0 Å². The number of halogens is 1. The van der Waals surface area contributed by atoms with Crippen LogP contribution in [0.1, 0.15) is 62.8 Å². The Kier molecular flexibility index (Phi) is 8.64. The number of rotatable bonds is 10. The summed E-state index contributed by atoms with van der Waals surface area (Å²) in [5.41, 5.74) is 0.870. The second-order valence-electron chi connectivity index (χ2n) is 8.76. The van der Waals surface area contributed by atoms with Crippen molar-refractivity contribution >= 4 is 23.2 Å². The van der Waals surface area contributed by atoms with Gasteiger partial charge in [-0.15, -0.1) is 11.3 Å². The molecule has 0 spiro atoms. The van der Waals surface area contributed by atoms with Gasteiger partial charge in [-0.2, -0.15) is 0 Å². The van der Waals surface area contributed by atoms with Crippen LogP contribution in [0, 0.1) is 11.7 Å². The van der Waals surface area contributed by atoms with E-state index in [1.54, 1.807) is 33.3 Å². The van der Waals surface area contributed by atoms with Gasteiger partial charge in [-0.05, 0) is 55.3 Å². The van der Waals surface area contributed by atoms with Crippen LogP contribution in [-0.4, -0.2) is 34.2 Å². The summed E-state index contributed by atoms with van der Waals surface area (Å²) in [7, 11) is 0. The molecule has 0 unspecified atom stereocenters. The van der Waals surface area contributed by atoms with Crippen LogP contribution in [0.4, 0.5) is 4.39 Å². The van der Waals surface area contributed by atoms with Crippen LogP contribution in [0.15, 0.2) is 41.8 Å². The highest BCUT2D eigenvalue weighted by molar-refractivity contribution is 7.09. The minimum absolute atomic E-state index is 0.0329. The van der Waals surface area contributed by atoms with Crippen molar-refractivity contribution in [2.24, 2.45) is 5.92 Å². The van der Waals surface area contributed by atoms with Gasteiger partial charge in [0.05, 0.1) is 13.1 Å². The first-order chi connectivity index (χ1) is 14.9. The van der Waals surface area contributed by atoms with Crippen molar-refractivity contribution in [1.82, 2.24) is 9.80 Å². The molecular formula is C25H33FN2O2S. The first-order valence-corrected chi connectivity index (χ1v) is 12.1. The number of carbonyl (C=O) groups is 2. The van der Waals surface area contributed by atoms with Gasteiger partial charge in [0.2, 0.25) is 11.8 Å². The molecule has 1 aliphatic rings. The van der Waals surface area contributed by atoms with Gasteiger partial charge >= 0.3 is 0 Å². The highest BCUT2D eigenvalue weighted by atomic mass is 32.1. The standard InChI is InChI=1S/C25H33FN2O2S/c1-19(2)28(24(29)14-11-20-6-3-4-7-20)18-25(30)27(17-23-8-5-15-31-23)16-21-9-12-22(26)13-10-21/h5,8-10,12-13,15,19-20H,3-4,6-7,11,14,16-18H2,1-2H3. The highest BCUT2D eigenvalue weighted by Crippen LogP contribution is 2.29. The zero-order valence-corrected chi connectivity index (χ0v) is 19.4. The van der Waals surface area contributed by atoms with E-state index in [1.165, 1.54) is 37.8 Å². The van der Waals surface area contributed by atoms with Crippen LogP contribution in [0.5, 0.6) is 0 Å². The normalized spacial score (nSPS) is 14.2. The van der Waals surface area contributed by atoms with Crippen molar-refractivity contribution in [2.75, 3.05) is 6.54 Å². The first kappa shape index (κ1) is 23.5. The number of carbonyl (C=O) groups excluding carboxylic acids is 2. The van der Waals surface area contributed by atoms with E-state index in [0.29, 0.717) is 25.4 Å². The van der Waals surface area contributed by atoms with Crippen LogP contribution in [-0.2, 0) is 22.7 Å². The lowest BCUT2D eigenvalue weighted by Gasteiger charge is -2.30. The van der Waals surface area contributed by atoms with E-state index in [0.717, 1.165) is 16.9 Å². The van der Waals surface area contributed by atoms with Gasteiger partial charge in [0, 0.05) is 23.9 Å². The summed E-state index contributed by atoms with van der Waals surface area (Å²) in [5, 5.41) is 1.99. The molecular weight excluding hydrogens is 411 g/mol. The fourth-order valence-corrected chi connectivity index (χ4v) is 4.93. The van der Waals surface area contributed by atoms with Gasteiger partial charge in [-0.1, -0.05) is 43.9 Å². The third-order valence-electron chi connectivity index (χ3n) is 6.06. The van der Waals surface area contributed by atoms with Crippen LogP contribution >= 0.6 is 11.3 Å². The Labute approximate surface area is 189 Å². The summed E-state index contributed by atoms with van der Waals surface area (Å²) < 4.78 is 13.3. The fourth-order valence-electron chi connectivity index (χ4n) is 4.21. The van der Waals surface area contributed by atoms with Crippen molar-refractivity contribution in [3.63, 3.8) is 0 Å². The summed E-state index contributed by atoms with van der Waals surface area (Å²) in [5.74, 6) is 0.343. The number of nitrogens with zero attached hydrogens (tertiary/aromatic N) is 2. The van der Waals surface area contributed by atoms with E-state index >= 15 is 0 Å². The summed E-state index contributed by atoms with van der Waals surface area (Å²) in [4.78, 5) is 30.8. The Morgan fingerprint density at radius 1 is 1.06 bits per heavy atom. The van der Waals surface area contributed by atoms with E-state index < -0.39 is 0 Å². The molecule has 0 atom stereocenters. The maximum absolute atomic E-state index is 13.3. The SMILES string of the molecule is CC(C)N(CC(=O)N(Cc1ccc(F)cc1)Cc1cccs1)C(=O)CCC1CCCC1. The molecule has 1 aliphatic carbocycles. The maximum atomic E-state index is 13.3. The quantitative estimate of drug-likeness (QED) is 0.477. The zero-order chi connectivity index (χ0) is 22.2. The average molecular weight is 445 g/mol. The molecule has 2 amide bonds. The van der Waals surface area contributed by atoms with Crippen LogP contribution in [0.2, 0.25) is 0 Å². The van der Waals surface area contributed by atoms with E-state index in [9.17, 15) is 14.0 Å². The molecule has 0 saturated heterocycles. The van der Waals surface area contributed by atoms with Gasteiger partial charge in [0.1, 0.15) is 5.82 Å². The highest BCUT2D eigenvalue weighted by Gasteiger charge is 2.25. The minimum Gasteiger partial charge on any atom is -0.332 e. The fraction of sp³-hybridized carbons (Fsp3) is 0.520. The van der Waals surface area contributed by atoms with Crippen molar-refractivity contribution in [2.45, 2.75) is 71.5 Å². The van der Waals surface area contributed by atoms with Crippen LogP contribution in [0.3, 0.4) is 0 Å². The number of thiophene rings is 1. The lowest BCUT2D eigenvalue weighted by molar-refractivity contribution is -0.142. The number of hydrogen-bond acceptors (Lipinski definition) is 3. The molecule has 0 N–H and O–H groups in total. The van der Waals surface area contributed by atoms with E-state index in [-0.39, 0.29) is 30.2 Å². The second kappa shape index (κ2) is 11.4. The molecule has 0 aliphatic heterocycles. The molecule has 4 nitrogen and oxygen atoms in total. The molecule has 1 heterocycles. The monoisotopic (exact) mass is 444 g/mol. The predicted molar refractivity (Wildman–Crippen MR) is 123 cm³/mol. The number of hydrogen-bond donors (Lipinski definition) is 0. The third-order valence-corrected chi connectivity index (χ3v) is 6.92. The van der Waals surface area contributed by atoms with Crippen molar-refractivity contribution in [1.29, 1.82) is 0 Å². The average Bonchev–Trinajstić information content (AvgIpc) is 3.45. The minimum atomic E-state index is -0.293. The van der Waals surface area contributed by atoms with E-state index in [1.807, 2.05) is 31.4 Å². The lowest BCUT2D eigenvalue weighted by atomic mass is 10.0. The Morgan fingerprint density at radius 3 is 2.39 bits per heavy atom. The summed E-state index contributed by atoms with van der Waals surface area (Å²) in [6.45, 7) is 4.87. The molecule has 1 fully saturated rings. The van der Waals surface area contributed by atoms with Gasteiger partial charge in [-0.3, -0.25) is 9.59 Å². The first-order valence-electron chi connectivity index (χ1n) is 11.3. The van der Waals surface area contributed by atoms with Gasteiger partial charge in [-0.25, -0.2) is 4.39 Å². The molecule has 1 saturated carbocycles. The van der Waals surface area contributed by atoms with E-state index in [2.05, 4.69) is 0 Å². The Bertz CT molecular complexity index is 830. The molecule has 2 aromatic rings. The van der Waals surface area contributed by atoms with Crippen LogP contribution in [0.25, 0.3) is 0 Å². The zero-order valence-electron chi connectivity index (χ0n) is 18.6. The summed E-state index contributed by atoms with van der Waals surface area (Å²) in [6, 6.07) is 10.2. The lowest BCUT2D eigenvalue weighted by Crippen LogP contribution is -2.45. The molecule has 0 radical (unpaired) electrons. The number of benzene rings is 1. The molecule has 31 heavy (non-hydrogen) atoms. The number of amides is 2. The Morgan fingerprint density at radius 2 is 1.77 bits per heavy atom. The second-order valence-corrected chi connectivity index (χ2v) is 9.79. The predicted octanol–water partition coefficient (Wildman–Crippen LogP) is 5.62.